The minimum Gasteiger partial charge on any atom is -0.493 e. The van der Waals surface area contributed by atoms with E-state index in [1.807, 2.05) is 49.4 Å². The predicted octanol–water partition coefficient (Wildman–Crippen LogP) is 6.46. The van der Waals surface area contributed by atoms with E-state index in [1.54, 1.807) is 0 Å². The van der Waals surface area contributed by atoms with Gasteiger partial charge in [-0.05, 0) is 56.3 Å². The van der Waals surface area contributed by atoms with Crippen LogP contribution in [0.25, 0.3) is 11.5 Å². The number of benzene rings is 3. The van der Waals surface area contributed by atoms with Crippen LogP contribution in [0.1, 0.15) is 35.5 Å². The average Bonchev–Trinajstić information content (AvgIpc) is 3.21. The quantitative estimate of drug-likeness (QED) is 0.308. The molecule has 0 aliphatic heterocycles. The molecular weight excluding hydrogens is 396 g/mol. The van der Waals surface area contributed by atoms with Crippen molar-refractivity contribution < 1.29 is 9.15 Å². The molecule has 3 aromatic carbocycles. The zero-order valence-electron chi connectivity index (χ0n) is 19.0. The lowest BCUT2D eigenvalue weighted by Gasteiger charge is -2.25. The van der Waals surface area contributed by atoms with Crippen LogP contribution in [-0.4, -0.2) is 23.5 Å². The Labute approximate surface area is 190 Å². The van der Waals surface area contributed by atoms with Crippen LogP contribution in [0.5, 0.6) is 5.75 Å². The van der Waals surface area contributed by atoms with Crippen molar-refractivity contribution in [3.63, 3.8) is 0 Å². The van der Waals surface area contributed by atoms with Crippen LogP contribution in [0.2, 0.25) is 0 Å². The zero-order valence-corrected chi connectivity index (χ0v) is 19.0. The molecule has 0 radical (unpaired) electrons. The lowest BCUT2D eigenvalue weighted by molar-refractivity contribution is 0.253. The van der Waals surface area contributed by atoms with Crippen LogP contribution in [0.4, 0.5) is 0 Å². The van der Waals surface area contributed by atoms with Crippen molar-refractivity contribution in [1.82, 2.24) is 9.88 Å². The molecular formula is C28H30N2O2. The third-order valence-electron chi connectivity index (χ3n) is 5.82. The third-order valence-corrected chi connectivity index (χ3v) is 5.82. The monoisotopic (exact) mass is 426 g/mol. The molecule has 4 rings (SSSR count). The molecule has 1 aromatic heterocycles. The summed E-state index contributed by atoms with van der Waals surface area (Å²) < 4.78 is 11.8. The maximum Gasteiger partial charge on any atom is 0.226 e. The topological polar surface area (TPSA) is 38.5 Å². The summed E-state index contributed by atoms with van der Waals surface area (Å²) in [5, 5.41) is 0. The number of oxazole rings is 1. The van der Waals surface area contributed by atoms with Gasteiger partial charge in [-0.25, -0.2) is 4.98 Å². The molecule has 1 unspecified atom stereocenters. The summed E-state index contributed by atoms with van der Waals surface area (Å²) in [6.07, 6.45) is 0.710. The molecule has 0 amide bonds. The summed E-state index contributed by atoms with van der Waals surface area (Å²) in [7, 11) is 2.16. The average molecular weight is 427 g/mol. The highest BCUT2D eigenvalue weighted by Gasteiger charge is 2.13. The Kier molecular flexibility index (Phi) is 7.03. The standard InChI is InChI=1S/C28H30N2O2/c1-21(24-10-6-4-7-11-24)30(3)20-23-14-16-26(17-15-23)31-19-18-27-22(2)32-28(29-27)25-12-8-5-9-13-25/h4-17,21H,18-20H2,1-3H3. The molecule has 4 heteroatoms. The van der Waals surface area contributed by atoms with E-state index in [0.29, 0.717) is 25.0 Å². The van der Waals surface area contributed by atoms with Gasteiger partial charge < -0.3 is 9.15 Å². The van der Waals surface area contributed by atoms with Crippen LogP contribution in [0.15, 0.2) is 89.3 Å². The molecule has 0 aliphatic rings. The highest BCUT2D eigenvalue weighted by molar-refractivity contribution is 5.53. The predicted molar refractivity (Wildman–Crippen MR) is 129 cm³/mol. The highest BCUT2D eigenvalue weighted by Crippen LogP contribution is 2.23. The number of aromatic nitrogens is 1. The highest BCUT2D eigenvalue weighted by atomic mass is 16.5. The summed E-state index contributed by atoms with van der Waals surface area (Å²) in [4.78, 5) is 7.00. The van der Waals surface area contributed by atoms with Gasteiger partial charge in [0.25, 0.3) is 0 Å². The number of rotatable bonds is 9. The van der Waals surface area contributed by atoms with Gasteiger partial charge in [-0.15, -0.1) is 0 Å². The van der Waals surface area contributed by atoms with Gasteiger partial charge in [-0.1, -0.05) is 60.7 Å². The van der Waals surface area contributed by atoms with Crippen LogP contribution < -0.4 is 4.74 Å². The molecule has 1 atom stereocenters. The van der Waals surface area contributed by atoms with Crippen LogP contribution >= 0.6 is 0 Å². The van der Waals surface area contributed by atoms with Crippen LogP contribution in [0.3, 0.4) is 0 Å². The van der Waals surface area contributed by atoms with Crippen molar-refractivity contribution >= 4 is 0 Å². The van der Waals surface area contributed by atoms with Crippen molar-refractivity contribution in [2.45, 2.75) is 32.9 Å². The van der Waals surface area contributed by atoms with Gasteiger partial charge in [0, 0.05) is 24.6 Å². The Morgan fingerprint density at radius 2 is 1.56 bits per heavy atom. The zero-order chi connectivity index (χ0) is 22.3. The summed E-state index contributed by atoms with van der Waals surface area (Å²) >= 11 is 0. The normalized spacial score (nSPS) is 12.1. The molecule has 1 heterocycles. The van der Waals surface area contributed by atoms with Gasteiger partial charge in [-0.3, -0.25) is 4.90 Å². The number of aryl methyl sites for hydroxylation is 1. The second kappa shape index (κ2) is 10.3. The Balaban J connectivity index is 1.29. The van der Waals surface area contributed by atoms with Crippen molar-refractivity contribution in [3.8, 4) is 17.2 Å². The van der Waals surface area contributed by atoms with Crippen LogP contribution in [0, 0.1) is 6.92 Å². The van der Waals surface area contributed by atoms with Gasteiger partial charge >= 0.3 is 0 Å². The van der Waals surface area contributed by atoms with Crippen molar-refractivity contribution in [2.24, 2.45) is 0 Å². The maximum absolute atomic E-state index is 5.96. The van der Waals surface area contributed by atoms with Crippen molar-refractivity contribution in [2.75, 3.05) is 13.7 Å². The number of ether oxygens (including phenoxy) is 1. The summed E-state index contributed by atoms with van der Waals surface area (Å²) in [5.74, 6) is 2.38. The number of nitrogens with zero attached hydrogens (tertiary/aromatic N) is 2. The summed E-state index contributed by atoms with van der Waals surface area (Å²) in [6.45, 7) is 5.64. The van der Waals surface area contributed by atoms with E-state index in [9.17, 15) is 0 Å². The SMILES string of the molecule is Cc1oc(-c2ccccc2)nc1CCOc1ccc(CN(C)C(C)c2ccccc2)cc1. The molecule has 0 saturated heterocycles. The molecule has 4 aromatic rings. The first-order valence-corrected chi connectivity index (χ1v) is 11.1. The second-order valence-electron chi connectivity index (χ2n) is 8.13. The summed E-state index contributed by atoms with van der Waals surface area (Å²) in [6, 6.07) is 29.3. The van der Waals surface area contributed by atoms with Crippen molar-refractivity contribution in [1.29, 1.82) is 0 Å². The molecule has 164 valence electrons. The van der Waals surface area contributed by atoms with E-state index >= 15 is 0 Å². The fraction of sp³-hybridized carbons (Fsp3) is 0.250. The first-order valence-electron chi connectivity index (χ1n) is 11.1. The smallest absolute Gasteiger partial charge is 0.226 e. The molecule has 0 spiro atoms. The van der Waals surface area contributed by atoms with Crippen molar-refractivity contribution in [3.05, 3.63) is 108 Å². The molecule has 32 heavy (non-hydrogen) atoms. The maximum atomic E-state index is 5.96. The largest absolute Gasteiger partial charge is 0.493 e. The van der Waals surface area contributed by atoms with E-state index < -0.39 is 0 Å². The minimum absolute atomic E-state index is 0.360. The van der Waals surface area contributed by atoms with Gasteiger partial charge in [-0.2, -0.15) is 0 Å². The Morgan fingerprint density at radius 3 is 2.25 bits per heavy atom. The van der Waals surface area contributed by atoms with Gasteiger partial charge in [0.1, 0.15) is 11.5 Å². The molecule has 0 N–H and O–H groups in total. The first kappa shape index (κ1) is 21.8. The Morgan fingerprint density at radius 1 is 0.906 bits per heavy atom. The minimum atomic E-state index is 0.360. The van der Waals surface area contributed by atoms with Gasteiger partial charge in [0.2, 0.25) is 5.89 Å². The number of hydrogen-bond donors (Lipinski definition) is 0. The van der Waals surface area contributed by atoms with Gasteiger partial charge in [0.05, 0.1) is 12.3 Å². The molecule has 4 nitrogen and oxygen atoms in total. The molecule has 0 fully saturated rings. The fourth-order valence-electron chi connectivity index (χ4n) is 3.73. The Hall–Kier alpha value is -3.37. The van der Waals surface area contributed by atoms with E-state index in [-0.39, 0.29) is 0 Å². The molecule has 0 bridgehead atoms. The van der Waals surface area contributed by atoms with E-state index in [1.165, 1.54) is 11.1 Å². The van der Waals surface area contributed by atoms with E-state index in [0.717, 1.165) is 29.3 Å². The third kappa shape index (κ3) is 5.45. The lowest BCUT2D eigenvalue weighted by Crippen LogP contribution is -2.21. The van der Waals surface area contributed by atoms with E-state index in [4.69, 9.17) is 9.15 Å². The first-order chi connectivity index (χ1) is 15.6. The van der Waals surface area contributed by atoms with Gasteiger partial charge in [0.15, 0.2) is 0 Å². The molecule has 0 aliphatic carbocycles. The van der Waals surface area contributed by atoms with Crippen LogP contribution in [-0.2, 0) is 13.0 Å². The van der Waals surface area contributed by atoms with E-state index in [2.05, 4.69) is 66.3 Å². The summed E-state index contributed by atoms with van der Waals surface area (Å²) in [5.41, 5.74) is 4.53. The lowest BCUT2D eigenvalue weighted by atomic mass is 10.1. The fourth-order valence-corrected chi connectivity index (χ4v) is 3.73. The second-order valence-corrected chi connectivity index (χ2v) is 8.13. The Bertz CT molecular complexity index is 1110. The number of hydrogen-bond acceptors (Lipinski definition) is 4. The molecule has 0 saturated carbocycles.